The second kappa shape index (κ2) is 3.47. The van der Waals surface area contributed by atoms with Crippen LogP contribution in [0.4, 0.5) is 15.8 Å². The molecule has 1 unspecified atom stereocenters. The van der Waals surface area contributed by atoms with Crippen molar-refractivity contribution in [2.45, 2.75) is 20.3 Å². The molecule has 1 atom stereocenters. The predicted octanol–water partition coefficient (Wildman–Crippen LogP) is 2.39. The van der Waals surface area contributed by atoms with Gasteiger partial charge in [0.25, 0.3) is 0 Å². The molecule has 0 heterocycles. The van der Waals surface area contributed by atoms with Gasteiger partial charge in [0.2, 0.25) is 5.91 Å². The van der Waals surface area contributed by atoms with Crippen molar-refractivity contribution in [1.82, 2.24) is 0 Å². The van der Waals surface area contributed by atoms with Crippen molar-refractivity contribution in [2.24, 2.45) is 11.3 Å². The zero-order valence-electron chi connectivity index (χ0n) is 9.38. The molecule has 1 amide bonds. The van der Waals surface area contributed by atoms with Crippen LogP contribution in [-0.2, 0) is 4.79 Å². The van der Waals surface area contributed by atoms with Crippen LogP contribution in [-0.4, -0.2) is 5.91 Å². The molecule has 0 bridgehead atoms. The minimum Gasteiger partial charge on any atom is -0.396 e. The third-order valence-corrected chi connectivity index (χ3v) is 3.10. The van der Waals surface area contributed by atoms with Crippen molar-refractivity contribution in [1.29, 1.82) is 0 Å². The number of anilines is 2. The Balaban J connectivity index is 2.05. The van der Waals surface area contributed by atoms with E-state index in [4.69, 9.17) is 5.73 Å². The first-order valence-corrected chi connectivity index (χ1v) is 5.26. The second-order valence-electron chi connectivity index (χ2n) is 4.97. The number of benzene rings is 1. The summed E-state index contributed by atoms with van der Waals surface area (Å²) in [5, 5.41) is 2.69. The Hall–Kier alpha value is -1.58. The molecule has 1 saturated carbocycles. The summed E-state index contributed by atoms with van der Waals surface area (Å²) in [7, 11) is 0. The van der Waals surface area contributed by atoms with Crippen molar-refractivity contribution < 1.29 is 9.18 Å². The van der Waals surface area contributed by atoms with Crippen LogP contribution in [0.2, 0.25) is 0 Å². The SMILES string of the molecule is CC1(C)CC1C(=O)Nc1ccc(N)c(F)c1. The van der Waals surface area contributed by atoms with Gasteiger partial charge in [-0.1, -0.05) is 13.8 Å². The van der Waals surface area contributed by atoms with E-state index in [2.05, 4.69) is 5.32 Å². The summed E-state index contributed by atoms with van der Waals surface area (Å²) in [6.45, 7) is 4.08. The van der Waals surface area contributed by atoms with E-state index in [1.807, 2.05) is 13.8 Å². The van der Waals surface area contributed by atoms with Gasteiger partial charge in [-0.2, -0.15) is 0 Å². The third kappa shape index (κ3) is 2.01. The molecule has 2 rings (SSSR count). The zero-order chi connectivity index (χ0) is 11.9. The molecule has 1 fully saturated rings. The lowest BCUT2D eigenvalue weighted by Crippen LogP contribution is -2.16. The first-order valence-electron chi connectivity index (χ1n) is 5.26. The Morgan fingerprint density at radius 2 is 2.19 bits per heavy atom. The van der Waals surface area contributed by atoms with Crippen molar-refractivity contribution in [3.8, 4) is 0 Å². The number of carbonyl (C=O) groups is 1. The number of hydrogen-bond acceptors (Lipinski definition) is 2. The summed E-state index contributed by atoms with van der Waals surface area (Å²) in [4.78, 5) is 11.7. The quantitative estimate of drug-likeness (QED) is 0.755. The fourth-order valence-corrected chi connectivity index (χ4v) is 1.75. The Morgan fingerprint density at radius 1 is 1.56 bits per heavy atom. The summed E-state index contributed by atoms with van der Waals surface area (Å²) < 4.78 is 13.1. The Kier molecular flexibility index (Phi) is 2.37. The predicted molar refractivity (Wildman–Crippen MR) is 61.3 cm³/mol. The molecule has 16 heavy (non-hydrogen) atoms. The normalized spacial score (nSPS) is 21.6. The number of nitrogen functional groups attached to an aromatic ring is 1. The van der Waals surface area contributed by atoms with Gasteiger partial charge >= 0.3 is 0 Å². The van der Waals surface area contributed by atoms with Gasteiger partial charge < -0.3 is 11.1 Å². The van der Waals surface area contributed by atoms with Crippen molar-refractivity contribution >= 4 is 17.3 Å². The van der Waals surface area contributed by atoms with E-state index in [1.54, 1.807) is 6.07 Å². The summed E-state index contributed by atoms with van der Waals surface area (Å²) in [5.74, 6) is -0.518. The molecule has 3 N–H and O–H groups in total. The molecule has 0 saturated heterocycles. The lowest BCUT2D eigenvalue weighted by Gasteiger charge is -2.07. The Labute approximate surface area is 93.8 Å². The number of amides is 1. The third-order valence-electron chi connectivity index (χ3n) is 3.10. The molecular weight excluding hydrogens is 207 g/mol. The van der Waals surface area contributed by atoms with Crippen LogP contribution < -0.4 is 11.1 Å². The second-order valence-corrected chi connectivity index (χ2v) is 4.97. The topological polar surface area (TPSA) is 55.1 Å². The molecule has 1 aliphatic rings. The molecule has 1 aromatic rings. The van der Waals surface area contributed by atoms with E-state index >= 15 is 0 Å². The maximum Gasteiger partial charge on any atom is 0.228 e. The molecule has 1 aliphatic carbocycles. The first-order chi connectivity index (χ1) is 7.40. The highest BCUT2D eigenvalue weighted by Crippen LogP contribution is 2.51. The maximum atomic E-state index is 13.1. The van der Waals surface area contributed by atoms with Crippen LogP contribution in [0.1, 0.15) is 20.3 Å². The first kappa shape index (κ1) is 10.9. The number of hydrogen-bond donors (Lipinski definition) is 2. The van der Waals surface area contributed by atoms with Gasteiger partial charge in [-0.15, -0.1) is 0 Å². The van der Waals surface area contributed by atoms with Gasteiger partial charge in [0.1, 0.15) is 5.82 Å². The van der Waals surface area contributed by atoms with E-state index in [9.17, 15) is 9.18 Å². The van der Waals surface area contributed by atoms with Crippen LogP contribution in [0.25, 0.3) is 0 Å². The number of halogens is 1. The molecule has 0 radical (unpaired) electrons. The Bertz CT molecular complexity index is 443. The molecule has 0 aromatic heterocycles. The largest absolute Gasteiger partial charge is 0.396 e. The summed E-state index contributed by atoms with van der Waals surface area (Å²) >= 11 is 0. The molecule has 3 nitrogen and oxygen atoms in total. The van der Waals surface area contributed by atoms with Gasteiger partial charge in [0.15, 0.2) is 0 Å². The highest BCUT2D eigenvalue weighted by Gasteiger charge is 2.50. The lowest BCUT2D eigenvalue weighted by molar-refractivity contribution is -0.117. The summed E-state index contributed by atoms with van der Waals surface area (Å²) in [6.07, 6.45) is 0.885. The van der Waals surface area contributed by atoms with Gasteiger partial charge in [0, 0.05) is 11.6 Å². The fourth-order valence-electron chi connectivity index (χ4n) is 1.75. The maximum absolute atomic E-state index is 13.1. The van der Waals surface area contributed by atoms with Crippen LogP contribution in [0.15, 0.2) is 18.2 Å². The molecule has 0 aliphatic heterocycles. The standard InChI is InChI=1S/C12H15FN2O/c1-12(2)6-8(12)11(16)15-7-3-4-10(14)9(13)5-7/h3-5,8H,6,14H2,1-2H3,(H,15,16). The van der Waals surface area contributed by atoms with Crippen molar-refractivity contribution in [2.75, 3.05) is 11.1 Å². The molecule has 86 valence electrons. The highest BCUT2D eigenvalue weighted by atomic mass is 19.1. The molecule has 0 spiro atoms. The van der Waals surface area contributed by atoms with E-state index in [0.717, 1.165) is 6.42 Å². The van der Waals surface area contributed by atoms with Gasteiger partial charge in [0.05, 0.1) is 5.69 Å². The smallest absolute Gasteiger partial charge is 0.228 e. The number of nitrogens with one attached hydrogen (secondary N) is 1. The van der Waals surface area contributed by atoms with Crippen LogP contribution in [0.3, 0.4) is 0 Å². The Morgan fingerprint density at radius 3 is 2.69 bits per heavy atom. The summed E-state index contributed by atoms with van der Waals surface area (Å²) in [5.41, 5.74) is 5.97. The monoisotopic (exact) mass is 222 g/mol. The van der Waals surface area contributed by atoms with Crippen molar-refractivity contribution in [3.63, 3.8) is 0 Å². The lowest BCUT2D eigenvalue weighted by atomic mass is 10.1. The van der Waals surface area contributed by atoms with E-state index < -0.39 is 5.82 Å². The van der Waals surface area contributed by atoms with Crippen LogP contribution in [0.5, 0.6) is 0 Å². The fraction of sp³-hybridized carbons (Fsp3) is 0.417. The highest BCUT2D eigenvalue weighted by molar-refractivity contribution is 5.95. The van der Waals surface area contributed by atoms with Gasteiger partial charge in [-0.3, -0.25) is 4.79 Å². The number of carbonyl (C=O) groups excluding carboxylic acids is 1. The number of nitrogens with two attached hydrogens (primary N) is 1. The molecule has 4 heteroatoms. The summed E-state index contributed by atoms with van der Waals surface area (Å²) in [6, 6.07) is 4.29. The minimum atomic E-state index is -0.507. The average Bonchev–Trinajstić information content (AvgIpc) is 2.82. The van der Waals surface area contributed by atoms with Crippen molar-refractivity contribution in [3.05, 3.63) is 24.0 Å². The van der Waals surface area contributed by atoms with E-state index in [0.29, 0.717) is 5.69 Å². The van der Waals surface area contributed by atoms with E-state index in [-0.39, 0.29) is 22.9 Å². The van der Waals surface area contributed by atoms with Crippen LogP contribution >= 0.6 is 0 Å². The zero-order valence-corrected chi connectivity index (χ0v) is 9.38. The van der Waals surface area contributed by atoms with E-state index in [1.165, 1.54) is 12.1 Å². The van der Waals surface area contributed by atoms with Gasteiger partial charge in [-0.25, -0.2) is 4.39 Å². The number of rotatable bonds is 2. The van der Waals surface area contributed by atoms with Gasteiger partial charge in [-0.05, 0) is 30.0 Å². The molecular formula is C12H15FN2O. The van der Waals surface area contributed by atoms with Crippen LogP contribution in [0, 0.1) is 17.2 Å². The average molecular weight is 222 g/mol. The molecule has 1 aromatic carbocycles. The minimum absolute atomic E-state index is 0.0353.